The minimum Gasteiger partial charge on any atom is -0.497 e. The van der Waals surface area contributed by atoms with Crippen molar-refractivity contribution in [3.63, 3.8) is 0 Å². The van der Waals surface area contributed by atoms with Gasteiger partial charge in [0, 0.05) is 24.2 Å². The quantitative estimate of drug-likeness (QED) is 0.806. The second-order valence-electron chi connectivity index (χ2n) is 4.79. The van der Waals surface area contributed by atoms with Crippen molar-refractivity contribution < 1.29 is 18.6 Å². The van der Waals surface area contributed by atoms with Crippen molar-refractivity contribution in [2.24, 2.45) is 0 Å². The summed E-state index contributed by atoms with van der Waals surface area (Å²) in [4.78, 5) is 4.36. The van der Waals surface area contributed by atoms with E-state index < -0.39 is 11.6 Å². The molecular weight excluding hydrogens is 290 g/mol. The number of aliphatic hydroxyl groups is 1. The molecule has 3 aromatic rings. The molecule has 0 aliphatic heterocycles. The molecule has 0 spiro atoms. The molecule has 0 radical (unpaired) electrons. The Bertz CT molecular complexity index is 813. The smallest absolute Gasteiger partial charge is 0.161 e. The molecule has 6 heteroatoms. The molecule has 1 N–H and O–H groups in total. The molecule has 22 heavy (non-hydrogen) atoms. The molecule has 0 saturated carbocycles. The Morgan fingerprint density at radius 3 is 2.45 bits per heavy atom. The summed E-state index contributed by atoms with van der Waals surface area (Å²) >= 11 is 0. The molecule has 1 heterocycles. The molecule has 0 bridgehead atoms. The first-order valence-electron chi connectivity index (χ1n) is 6.74. The highest BCUT2D eigenvalue weighted by atomic mass is 19.2. The third kappa shape index (κ3) is 2.42. The van der Waals surface area contributed by atoms with E-state index in [0.29, 0.717) is 22.6 Å². The second-order valence-corrected chi connectivity index (χ2v) is 4.79. The van der Waals surface area contributed by atoms with E-state index in [2.05, 4.69) is 4.98 Å². The van der Waals surface area contributed by atoms with Gasteiger partial charge >= 0.3 is 0 Å². The molecule has 0 amide bonds. The Balaban J connectivity index is 2.20. The van der Waals surface area contributed by atoms with E-state index in [1.807, 2.05) is 0 Å². The molecule has 0 aliphatic rings. The largest absolute Gasteiger partial charge is 0.497 e. The Kier molecular flexibility index (Phi) is 3.77. The maximum absolute atomic E-state index is 13.5. The van der Waals surface area contributed by atoms with Crippen LogP contribution in [0.2, 0.25) is 0 Å². The van der Waals surface area contributed by atoms with Crippen molar-refractivity contribution in [1.82, 2.24) is 9.55 Å². The highest BCUT2D eigenvalue weighted by Crippen LogP contribution is 2.27. The van der Waals surface area contributed by atoms with Crippen molar-refractivity contribution >= 4 is 11.0 Å². The summed E-state index contributed by atoms with van der Waals surface area (Å²) in [6.07, 6.45) is 0. The van der Waals surface area contributed by atoms with E-state index in [4.69, 9.17) is 4.74 Å². The van der Waals surface area contributed by atoms with Crippen LogP contribution < -0.4 is 4.74 Å². The number of hydrogen-bond acceptors (Lipinski definition) is 3. The van der Waals surface area contributed by atoms with Gasteiger partial charge in [0.2, 0.25) is 0 Å². The number of aromatic nitrogens is 2. The lowest BCUT2D eigenvalue weighted by Gasteiger charge is -2.08. The third-order valence-corrected chi connectivity index (χ3v) is 3.46. The number of halogens is 2. The van der Waals surface area contributed by atoms with Gasteiger partial charge in [-0.3, -0.25) is 0 Å². The van der Waals surface area contributed by atoms with E-state index in [0.717, 1.165) is 17.7 Å². The van der Waals surface area contributed by atoms with Crippen molar-refractivity contribution in [3.8, 4) is 17.1 Å². The van der Waals surface area contributed by atoms with Crippen molar-refractivity contribution in [2.75, 3.05) is 13.7 Å². The second kappa shape index (κ2) is 5.73. The number of methoxy groups -OCH3 is 1. The van der Waals surface area contributed by atoms with Gasteiger partial charge in [0.25, 0.3) is 0 Å². The van der Waals surface area contributed by atoms with Gasteiger partial charge < -0.3 is 14.4 Å². The van der Waals surface area contributed by atoms with Crippen LogP contribution >= 0.6 is 0 Å². The van der Waals surface area contributed by atoms with Crippen LogP contribution in [0.15, 0.2) is 36.4 Å². The van der Waals surface area contributed by atoms with E-state index in [-0.39, 0.29) is 13.2 Å². The Hall–Kier alpha value is -2.47. The van der Waals surface area contributed by atoms with Crippen LogP contribution in [0, 0.1) is 11.6 Å². The molecule has 0 saturated heterocycles. The average Bonchev–Trinajstić information content (AvgIpc) is 2.86. The fourth-order valence-corrected chi connectivity index (χ4v) is 2.41. The van der Waals surface area contributed by atoms with Crippen LogP contribution in [0.3, 0.4) is 0 Å². The van der Waals surface area contributed by atoms with Gasteiger partial charge in [-0.25, -0.2) is 13.8 Å². The molecule has 114 valence electrons. The highest BCUT2D eigenvalue weighted by molar-refractivity contribution is 5.81. The lowest BCUT2D eigenvalue weighted by atomic mass is 10.2. The van der Waals surface area contributed by atoms with Gasteiger partial charge in [0.1, 0.15) is 11.6 Å². The van der Waals surface area contributed by atoms with Gasteiger partial charge in [-0.15, -0.1) is 0 Å². The van der Waals surface area contributed by atoms with Crippen molar-refractivity contribution in [2.45, 2.75) is 6.54 Å². The number of hydrogen-bond donors (Lipinski definition) is 1. The summed E-state index contributed by atoms with van der Waals surface area (Å²) < 4.78 is 33.6. The number of nitrogens with zero attached hydrogens (tertiary/aromatic N) is 2. The maximum atomic E-state index is 13.5. The average molecular weight is 304 g/mol. The van der Waals surface area contributed by atoms with Crippen LogP contribution in [0.5, 0.6) is 5.75 Å². The van der Waals surface area contributed by atoms with Gasteiger partial charge in [-0.05, 0) is 24.3 Å². The first kappa shape index (κ1) is 14.5. The predicted octanol–water partition coefficient (Wildman–Crippen LogP) is 2.98. The summed E-state index contributed by atoms with van der Waals surface area (Å²) in [7, 11) is 1.57. The number of ether oxygens (including phenoxy) is 1. The summed E-state index contributed by atoms with van der Waals surface area (Å²) in [5, 5.41) is 9.24. The SMILES string of the molecule is COc1ccc(-c2nc3cc(F)c(F)cc3n2CCO)cc1. The number of imidazole rings is 1. The standard InChI is InChI=1S/C16H14F2N2O2/c1-22-11-4-2-10(3-5-11)16-19-14-8-12(17)13(18)9-15(14)20(16)6-7-21/h2-5,8-9,21H,6-7H2,1H3. The van der Waals surface area contributed by atoms with Crippen LogP contribution in [0.25, 0.3) is 22.4 Å². The Morgan fingerprint density at radius 1 is 1.14 bits per heavy atom. The summed E-state index contributed by atoms with van der Waals surface area (Å²) in [5.74, 6) is -0.641. The number of rotatable bonds is 4. The third-order valence-electron chi connectivity index (χ3n) is 3.46. The zero-order valence-corrected chi connectivity index (χ0v) is 11.9. The van der Waals surface area contributed by atoms with Crippen LogP contribution in [-0.4, -0.2) is 28.4 Å². The lowest BCUT2D eigenvalue weighted by Crippen LogP contribution is -2.04. The summed E-state index contributed by atoms with van der Waals surface area (Å²) in [6.45, 7) is 0.108. The van der Waals surface area contributed by atoms with Gasteiger partial charge in [0.15, 0.2) is 11.6 Å². The lowest BCUT2D eigenvalue weighted by molar-refractivity contribution is 0.278. The molecule has 2 aromatic carbocycles. The fraction of sp³-hybridized carbons (Fsp3) is 0.188. The molecular formula is C16H14F2N2O2. The molecule has 0 unspecified atom stereocenters. The van der Waals surface area contributed by atoms with Crippen LogP contribution in [0.1, 0.15) is 0 Å². The topological polar surface area (TPSA) is 47.3 Å². The predicted molar refractivity (Wildman–Crippen MR) is 78.7 cm³/mol. The highest BCUT2D eigenvalue weighted by Gasteiger charge is 2.15. The Labute approximate surface area is 125 Å². The van der Waals surface area contributed by atoms with Crippen molar-refractivity contribution in [1.29, 1.82) is 0 Å². The Morgan fingerprint density at radius 2 is 1.82 bits per heavy atom. The first-order chi connectivity index (χ1) is 10.6. The zero-order valence-electron chi connectivity index (χ0n) is 11.9. The number of benzene rings is 2. The van der Waals surface area contributed by atoms with Crippen molar-refractivity contribution in [3.05, 3.63) is 48.0 Å². The van der Waals surface area contributed by atoms with E-state index in [1.54, 1.807) is 35.9 Å². The normalized spacial score (nSPS) is 11.1. The summed E-state index contributed by atoms with van der Waals surface area (Å²) in [5.41, 5.74) is 1.56. The van der Waals surface area contributed by atoms with Crippen LogP contribution in [-0.2, 0) is 6.54 Å². The van der Waals surface area contributed by atoms with E-state index in [9.17, 15) is 13.9 Å². The van der Waals surface area contributed by atoms with Gasteiger partial charge in [-0.1, -0.05) is 0 Å². The zero-order chi connectivity index (χ0) is 15.7. The van der Waals surface area contributed by atoms with E-state index >= 15 is 0 Å². The molecule has 0 atom stereocenters. The monoisotopic (exact) mass is 304 g/mol. The minimum atomic E-state index is -0.942. The van der Waals surface area contributed by atoms with Crippen LogP contribution in [0.4, 0.5) is 8.78 Å². The van der Waals surface area contributed by atoms with Gasteiger partial charge in [-0.2, -0.15) is 0 Å². The van der Waals surface area contributed by atoms with E-state index in [1.165, 1.54) is 0 Å². The molecule has 1 aromatic heterocycles. The minimum absolute atomic E-state index is 0.131. The molecule has 4 nitrogen and oxygen atoms in total. The summed E-state index contributed by atoms with van der Waals surface area (Å²) in [6, 6.07) is 9.32. The fourth-order valence-electron chi connectivity index (χ4n) is 2.41. The maximum Gasteiger partial charge on any atom is 0.161 e. The number of aliphatic hydroxyl groups excluding tert-OH is 1. The van der Waals surface area contributed by atoms with Gasteiger partial charge in [0.05, 0.1) is 24.8 Å². The molecule has 0 aliphatic carbocycles. The number of fused-ring (bicyclic) bond motifs is 1. The first-order valence-corrected chi connectivity index (χ1v) is 6.74. The molecule has 3 rings (SSSR count). The molecule has 0 fully saturated rings.